The first-order valence-electron chi connectivity index (χ1n) is 37.6. The van der Waals surface area contributed by atoms with Gasteiger partial charge in [0.05, 0.1) is 22.3 Å². The van der Waals surface area contributed by atoms with Gasteiger partial charge in [-0.1, -0.05) is 169 Å². The van der Waals surface area contributed by atoms with Crippen LogP contribution in [-0.2, 0) is 18.9 Å². The molecule has 0 N–H and O–H groups in total. The molecule has 14 rings (SSSR count). The highest BCUT2D eigenvalue weighted by atomic mass is 16.8. The normalized spacial score (nSPS) is 11.3. The van der Waals surface area contributed by atoms with Crippen molar-refractivity contribution >= 4 is 68.5 Å². The number of rotatable bonds is 8. The van der Waals surface area contributed by atoms with Crippen molar-refractivity contribution in [2.75, 3.05) is 0 Å². The van der Waals surface area contributed by atoms with Crippen LogP contribution in [0, 0.1) is 75.1 Å². The molecule has 116 heavy (non-hydrogen) atoms. The minimum Gasteiger partial charge on any atom is -0.456 e. The van der Waals surface area contributed by atoms with Crippen molar-refractivity contribution in [3.05, 3.63) is 285 Å². The van der Waals surface area contributed by atoms with E-state index in [1.165, 1.54) is 0 Å². The van der Waals surface area contributed by atoms with Crippen LogP contribution in [0.1, 0.15) is 150 Å². The standard InChI is InChI=1S/C60H58O12.C40H26O4/c1-39-45(35-31-41-23-15-19-27-49(41)65-53(61)69-57(3,4)5)47(37-33-43-25-17-21-29-51(43)67-55(63)71-59(9,10)11)40(2)48(38-34-44-26-18-22-30-52(44)68-56(64)72-60(12,13)14)46(39)36-32-42-24-16-20-28-50(42)66-54(62)70-58(6,7)8;1-23-37(33-19-25-11-3-7-15-29(25)41-33)39(35-21-27-13-5-9-17-31(27)43-35)24(2)40(36-22-28-14-6-10-18-32(28)44-36)38(23)34-20-26-12-4-8-16-30(26)42-34/h15-30H,1-14H3;3-22H,1-2H3. The molecule has 0 radical (unpaired) electrons. The van der Waals surface area contributed by atoms with E-state index in [1.807, 2.05) is 86.6 Å². The van der Waals surface area contributed by atoms with E-state index in [-0.39, 0.29) is 23.0 Å². The molecule has 0 saturated carbocycles. The highest BCUT2D eigenvalue weighted by Crippen LogP contribution is 2.52. The quantitative estimate of drug-likeness (QED) is 0.0602. The molecule has 0 unspecified atom stereocenters. The van der Waals surface area contributed by atoms with E-state index in [9.17, 15) is 19.2 Å². The molecule has 10 aromatic carbocycles. The van der Waals surface area contributed by atoms with Crippen molar-refractivity contribution in [1.82, 2.24) is 0 Å². The molecule has 0 aliphatic carbocycles. The molecule has 16 heteroatoms. The Labute approximate surface area is 673 Å². The highest BCUT2D eigenvalue weighted by molar-refractivity contribution is 6.03. The largest absolute Gasteiger partial charge is 0.514 e. The number of fused-ring (bicyclic) bond motifs is 4. The van der Waals surface area contributed by atoms with Gasteiger partial charge < -0.3 is 55.6 Å². The third-order valence-corrected chi connectivity index (χ3v) is 17.9. The lowest BCUT2D eigenvalue weighted by Gasteiger charge is -2.20. The Morgan fingerprint density at radius 2 is 0.440 bits per heavy atom. The summed E-state index contributed by atoms with van der Waals surface area (Å²) < 4.78 is 70.5. The molecule has 0 aliphatic heterocycles. The second kappa shape index (κ2) is 33.2. The van der Waals surface area contributed by atoms with Crippen molar-refractivity contribution in [2.45, 2.75) is 133 Å². The molecular weight excluding hydrogens is 1460 g/mol. The van der Waals surface area contributed by atoms with Crippen LogP contribution in [0.2, 0.25) is 0 Å². The molecule has 4 aromatic heterocycles. The second-order valence-corrected chi connectivity index (χ2v) is 31.3. The van der Waals surface area contributed by atoms with Gasteiger partial charge in [-0.3, -0.25) is 0 Å². The van der Waals surface area contributed by atoms with Gasteiger partial charge in [0.2, 0.25) is 0 Å². The van der Waals surface area contributed by atoms with E-state index < -0.39 is 47.0 Å². The number of para-hydroxylation sites is 8. The molecule has 4 heterocycles. The van der Waals surface area contributed by atoms with Crippen molar-refractivity contribution in [2.24, 2.45) is 0 Å². The summed E-state index contributed by atoms with van der Waals surface area (Å²) in [6.45, 7) is 28.7. The molecule has 16 nitrogen and oxygen atoms in total. The summed E-state index contributed by atoms with van der Waals surface area (Å²) in [5.41, 5.74) is 10.2. The fourth-order valence-electron chi connectivity index (χ4n) is 12.9. The van der Waals surface area contributed by atoms with Crippen LogP contribution >= 0.6 is 0 Å². The zero-order chi connectivity index (χ0) is 82.4. The second-order valence-electron chi connectivity index (χ2n) is 31.3. The molecule has 0 aliphatic rings. The van der Waals surface area contributed by atoms with Crippen LogP contribution in [0.5, 0.6) is 23.0 Å². The minimum atomic E-state index is -0.905. The van der Waals surface area contributed by atoms with Crippen molar-refractivity contribution in [3.8, 4) is 116 Å². The average Bonchev–Trinajstić information content (AvgIpc) is 1.53. The topological polar surface area (TPSA) is 195 Å². The number of carbonyl (C=O) groups is 4. The third kappa shape index (κ3) is 19.1. The lowest BCUT2D eigenvalue weighted by molar-refractivity contribution is 0.0192. The summed E-state index contributed by atoms with van der Waals surface area (Å²) in [6.07, 6.45) is -3.62. The summed E-state index contributed by atoms with van der Waals surface area (Å²) in [6, 6.07) is 68.0. The molecule has 0 amide bonds. The fraction of sp³-hybridized carbons (Fsp3) is 0.200. The van der Waals surface area contributed by atoms with Crippen LogP contribution in [0.4, 0.5) is 19.2 Å². The van der Waals surface area contributed by atoms with Gasteiger partial charge in [0.15, 0.2) is 0 Å². The van der Waals surface area contributed by atoms with Gasteiger partial charge in [-0.2, -0.15) is 0 Å². The lowest BCUT2D eigenvalue weighted by atomic mass is 9.83. The van der Waals surface area contributed by atoms with E-state index in [1.54, 1.807) is 180 Å². The van der Waals surface area contributed by atoms with E-state index in [0.717, 1.165) is 100 Å². The lowest BCUT2D eigenvalue weighted by Crippen LogP contribution is -2.26. The van der Waals surface area contributed by atoms with Gasteiger partial charge in [0.25, 0.3) is 0 Å². The molecular formula is C100H84O16. The Bertz CT molecular complexity index is 5540. The number of furan rings is 4. The Morgan fingerprint density at radius 1 is 0.250 bits per heavy atom. The first kappa shape index (κ1) is 79.8. The average molecular weight is 1540 g/mol. The smallest absolute Gasteiger partial charge is 0.456 e. The maximum atomic E-state index is 12.9. The summed E-state index contributed by atoms with van der Waals surface area (Å²) in [4.78, 5) is 51.4. The number of ether oxygens (including phenoxy) is 8. The minimum absolute atomic E-state index is 0.158. The molecule has 0 spiro atoms. The van der Waals surface area contributed by atoms with Gasteiger partial charge in [-0.05, 0) is 230 Å². The zero-order valence-electron chi connectivity index (χ0n) is 67.3. The predicted molar refractivity (Wildman–Crippen MR) is 450 cm³/mol. The summed E-state index contributed by atoms with van der Waals surface area (Å²) >= 11 is 0. The van der Waals surface area contributed by atoms with Crippen LogP contribution in [0.25, 0.3) is 89.2 Å². The van der Waals surface area contributed by atoms with Gasteiger partial charge in [0.1, 0.15) is 90.8 Å². The van der Waals surface area contributed by atoms with Crippen molar-refractivity contribution < 1.29 is 74.7 Å². The van der Waals surface area contributed by atoms with Crippen LogP contribution in [0.3, 0.4) is 0 Å². The maximum absolute atomic E-state index is 12.9. The molecule has 0 saturated heterocycles. The highest BCUT2D eigenvalue weighted by Gasteiger charge is 2.32. The number of hydrogen-bond donors (Lipinski definition) is 0. The zero-order valence-corrected chi connectivity index (χ0v) is 67.3. The molecule has 0 atom stereocenters. The Balaban J connectivity index is 0.000000224. The Kier molecular flexibility index (Phi) is 22.8. The first-order chi connectivity index (χ1) is 55.3. The summed E-state index contributed by atoms with van der Waals surface area (Å²) in [7, 11) is 0. The van der Waals surface area contributed by atoms with Crippen molar-refractivity contribution in [1.29, 1.82) is 0 Å². The van der Waals surface area contributed by atoms with E-state index in [4.69, 9.17) is 55.6 Å². The molecule has 0 fully saturated rings. The van der Waals surface area contributed by atoms with Gasteiger partial charge in [-0.15, -0.1) is 0 Å². The molecule has 14 aromatic rings. The molecule has 0 bridgehead atoms. The number of benzene rings is 10. The van der Waals surface area contributed by atoms with Gasteiger partial charge in [-0.25, -0.2) is 19.2 Å². The SMILES string of the molecule is Cc1c(-c2cc3ccccc3o2)c(-c2cc3ccccc3o2)c(C)c(-c2cc3ccccc3o2)c1-c1cc2ccccc2o1.Cc1c(C#Cc2ccccc2OC(=O)OC(C)(C)C)c(C#Cc2ccccc2OC(=O)OC(C)(C)C)c(C)c(C#Cc2ccccc2OC(=O)OC(C)(C)C)c1C#Cc1ccccc1OC(=O)OC(C)(C)C. The fourth-order valence-corrected chi connectivity index (χ4v) is 12.9. The molecule has 580 valence electrons. The predicted octanol–water partition coefficient (Wildman–Crippen LogP) is 25.1. The van der Waals surface area contributed by atoms with Crippen LogP contribution in [0.15, 0.2) is 236 Å². The monoisotopic (exact) mass is 1540 g/mol. The number of hydrogen-bond acceptors (Lipinski definition) is 16. The van der Waals surface area contributed by atoms with Crippen LogP contribution < -0.4 is 18.9 Å². The first-order valence-corrected chi connectivity index (χ1v) is 37.6. The van der Waals surface area contributed by atoms with Crippen molar-refractivity contribution in [3.63, 3.8) is 0 Å². The third-order valence-electron chi connectivity index (χ3n) is 17.9. The number of carbonyl (C=O) groups excluding carboxylic acids is 4. The maximum Gasteiger partial charge on any atom is 0.514 e. The van der Waals surface area contributed by atoms with Gasteiger partial charge in [0, 0.05) is 66.1 Å². The van der Waals surface area contributed by atoms with E-state index in [2.05, 4.69) is 110 Å². The Hall–Kier alpha value is -14.3. The van der Waals surface area contributed by atoms with Crippen LogP contribution in [-0.4, -0.2) is 47.0 Å². The summed E-state index contributed by atoms with van der Waals surface area (Å²) in [5, 5.41) is 4.17. The van der Waals surface area contributed by atoms with E-state index >= 15 is 0 Å². The van der Waals surface area contributed by atoms with E-state index in [0.29, 0.717) is 55.6 Å². The Morgan fingerprint density at radius 3 is 0.638 bits per heavy atom. The summed E-state index contributed by atoms with van der Waals surface area (Å²) in [5.74, 6) is 29.6. The van der Waals surface area contributed by atoms with Gasteiger partial charge >= 0.3 is 24.6 Å².